The van der Waals surface area contributed by atoms with Crippen LogP contribution >= 0.6 is 23.2 Å². The number of halogens is 2. The summed E-state index contributed by atoms with van der Waals surface area (Å²) in [6, 6.07) is 10.8. The van der Waals surface area contributed by atoms with Gasteiger partial charge in [0.1, 0.15) is 0 Å². The molecule has 0 aromatic heterocycles. The Morgan fingerprint density at radius 1 is 1.25 bits per heavy atom. The van der Waals surface area contributed by atoms with Crippen LogP contribution in [0.25, 0.3) is 0 Å². The van der Waals surface area contributed by atoms with E-state index in [2.05, 4.69) is 5.32 Å². The summed E-state index contributed by atoms with van der Waals surface area (Å²) in [4.78, 5) is 11.1. The van der Waals surface area contributed by atoms with Crippen molar-refractivity contribution in [1.29, 1.82) is 0 Å². The lowest BCUT2D eigenvalue weighted by Gasteiger charge is -2.11. The number of nitrogens with two attached hydrogens (primary N) is 1. The van der Waals surface area contributed by atoms with Crippen molar-refractivity contribution in [1.82, 2.24) is 0 Å². The van der Waals surface area contributed by atoms with Gasteiger partial charge in [0, 0.05) is 12.1 Å². The molecule has 2 aromatic carbocycles. The smallest absolute Gasteiger partial charge is 0.248 e. The van der Waals surface area contributed by atoms with Gasteiger partial charge in [-0.05, 0) is 42.3 Å². The third-order valence-corrected chi connectivity index (χ3v) is 3.87. The predicted molar refractivity (Wildman–Crippen MR) is 83.5 cm³/mol. The molecular formula is C15H14Cl2N2O. The zero-order chi connectivity index (χ0) is 14.7. The highest BCUT2D eigenvalue weighted by Gasteiger charge is 2.06. The highest BCUT2D eigenvalue weighted by molar-refractivity contribution is 6.43. The number of hydrogen-bond donors (Lipinski definition) is 2. The van der Waals surface area contributed by atoms with E-state index < -0.39 is 5.91 Å². The maximum absolute atomic E-state index is 11.1. The largest absolute Gasteiger partial charge is 0.380 e. The van der Waals surface area contributed by atoms with Crippen molar-refractivity contribution in [2.75, 3.05) is 5.32 Å². The standard InChI is InChI=1S/C15H14Cl2N2O/c1-9-7-10(15(18)20)5-6-11(9)8-19-13-4-2-3-12(16)14(13)17/h2-7,19H,8H2,1H3,(H2,18,20). The third kappa shape index (κ3) is 3.24. The lowest BCUT2D eigenvalue weighted by Crippen LogP contribution is -2.11. The Hall–Kier alpha value is -1.71. The number of carbonyl (C=O) groups is 1. The summed E-state index contributed by atoms with van der Waals surface area (Å²) in [5, 5.41) is 4.24. The number of rotatable bonds is 4. The van der Waals surface area contributed by atoms with E-state index in [4.69, 9.17) is 28.9 Å². The van der Waals surface area contributed by atoms with E-state index in [-0.39, 0.29) is 0 Å². The number of anilines is 1. The molecule has 0 spiro atoms. The van der Waals surface area contributed by atoms with Gasteiger partial charge < -0.3 is 11.1 Å². The van der Waals surface area contributed by atoms with Crippen LogP contribution in [0, 0.1) is 6.92 Å². The monoisotopic (exact) mass is 308 g/mol. The SMILES string of the molecule is Cc1cc(C(N)=O)ccc1CNc1cccc(Cl)c1Cl. The average Bonchev–Trinajstić information content (AvgIpc) is 2.41. The minimum Gasteiger partial charge on any atom is -0.380 e. The van der Waals surface area contributed by atoms with Crippen LogP contribution in [0.3, 0.4) is 0 Å². The Morgan fingerprint density at radius 2 is 2.00 bits per heavy atom. The van der Waals surface area contributed by atoms with E-state index in [0.717, 1.165) is 16.8 Å². The first kappa shape index (κ1) is 14.7. The first-order valence-electron chi connectivity index (χ1n) is 6.06. The van der Waals surface area contributed by atoms with Crippen LogP contribution in [-0.4, -0.2) is 5.91 Å². The summed E-state index contributed by atoms with van der Waals surface area (Å²) >= 11 is 12.1. The second-order valence-corrected chi connectivity index (χ2v) is 5.25. The molecule has 0 fully saturated rings. The number of hydrogen-bond acceptors (Lipinski definition) is 2. The van der Waals surface area contributed by atoms with E-state index in [1.165, 1.54) is 0 Å². The van der Waals surface area contributed by atoms with Gasteiger partial charge in [0.25, 0.3) is 0 Å². The fourth-order valence-electron chi connectivity index (χ4n) is 1.88. The van der Waals surface area contributed by atoms with Gasteiger partial charge in [0.15, 0.2) is 0 Å². The van der Waals surface area contributed by atoms with Gasteiger partial charge in [-0.25, -0.2) is 0 Å². The van der Waals surface area contributed by atoms with Crippen molar-refractivity contribution in [3.05, 3.63) is 63.1 Å². The van der Waals surface area contributed by atoms with Crippen LogP contribution in [0.4, 0.5) is 5.69 Å². The summed E-state index contributed by atoms with van der Waals surface area (Å²) in [6.45, 7) is 2.52. The number of aryl methyl sites for hydroxylation is 1. The maximum Gasteiger partial charge on any atom is 0.248 e. The van der Waals surface area contributed by atoms with Gasteiger partial charge >= 0.3 is 0 Å². The van der Waals surface area contributed by atoms with Crippen LogP contribution in [0.5, 0.6) is 0 Å². The molecule has 3 nitrogen and oxygen atoms in total. The molecule has 3 N–H and O–H groups in total. The van der Waals surface area contributed by atoms with Crippen molar-refractivity contribution < 1.29 is 4.79 Å². The fourth-order valence-corrected chi connectivity index (χ4v) is 2.25. The Balaban J connectivity index is 2.15. The van der Waals surface area contributed by atoms with Crippen LogP contribution < -0.4 is 11.1 Å². The molecule has 0 bridgehead atoms. The molecule has 0 saturated heterocycles. The highest BCUT2D eigenvalue weighted by Crippen LogP contribution is 2.30. The van der Waals surface area contributed by atoms with E-state index >= 15 is 0 Å². The van der Waals surface area contributed by atoms with Crippen molar-refractivity contribution in [2.24, 2.45) is 5.73 Å². The molecule has 2 rings (SSSR count). The van der Waals surface area contributed by atoms with Crippen molar-refractivity contribution >= 4 is 34.8 Å². The lowest BCUT2D eigenvalue weighted by molar-refractivity contribution is 0.1000. The Kier molecular flexibility index (Phi) is 4.53. The number of benzene rings is 2. The molecule has 20 heavy (non-hydrogen) atoms. The summed E-state index contributed by atoms with van der Waals surface area (Å²) in [5.41, 5.74) is 8.58. The molecule has 0 atom stereocenters. The van der Waals surface area contributed by atoms with Crippen molar-refractivity contribution in [3.8, 4) is 0 Å². The van der Waals surface area contributed by atoms with Crippen LogP contribution in [-0.2, 0) is 6.54 Å². The van der Waals surface area contributed by atoms with Crippen LogP contribution in [0.2, 0.25) is 10.0 Å². The number of nitrogens with one attached hydrogen (secondary N) is 1. The van der Waals surface area contributed by atoms with Crippen molar-refractivity contribution in [3.63, 3.8) is 0 Å². The summed E-state index contributed by atoms with van der Waals surface area (Å²) in [5.74, 6) is -0.425. The molecule has 104 valence electrons. The summed E-state index contributed by atoms with van der Waals surface area (Å²) in [6.07, 6.45) is 0. The highest BCUT2D eigenvalue weighted by atomic mass is 35.5. The molecule has 0 aliphatic heterocycles. The van der Waals surface area contributed by atoms with Gasteiger partial charge in [0.2, 0.25) is 5.91 Å². The molecule has 1 amide bonds. The van der Waals surface area contributed by atoms with Gasteiger partial charge in [-0.2, -0.15) is 0 Å². The van der Waals surface area contributed by atoms with Gasteiger partial charge in [-0.15, -0.1) is 0 Å². The minimum absolute atomic E-state index is 0.425. The molecule has 2 aromatic rings. The number of carbonyl (C=O) groups excluding carboxylic acids is 1. The van der Waals surface area contributed by atoms with E-state index in [9.17, 15) is 4.79 Å². The molecular weight excluding hydrogens is 295 g/mol. The Morgan fingerprint density at radius 3 is 2.65 bits per heavy atom. The first-order valence-corrected chi connectivity index (χ1v) is 6.82. The zero-order valence-electron chi connectivity index (χ0n) is 10.9. The predicted octanol–water partition coefficient (Wildman–Crippen LogP) is 4.01. The Labute approximate surface area is 127 Å². The lowest BCUT2D eigenvalue weighted by atomic mass is 10.0. The van der Waals surface area contributed by atoms with Crippen LogP contribution in [0.15, 0.2) is 36.4 Å². The molecule has 0 heterocycles. The van der Waals surface area contributed by atoms with Crippen molar-refractivity contribution in [2.45, 2.75) is 13.5 Å². The van der Waals surface area contributed by atoms with E-state index in [1.54, 1.807) is 18.2 Å². The number of primary amides is 1. The Bertz CT molecular complexity index is 656. The van der Waals surface area contributed by atoms with E-state index in [1.807, 2.05) is 25.1 Å². The topological polar surface area (TPSA) is 55.1 Å². The van der Waals surface area contributed by atoms with Gasteiger partial charge in [0.05, 0.1) is 15.7 Å². The normalized spacial score (nSPS) is 10.3. The molecule has 0 radical (unpaired) electrons. The fraction of sp³-hybridized carbons (Fsp3) is 0.133. The molecule has 0 aliphatic rings. The third-order valence-electron chi connectivity index (χ3n) is 3.05. The van der Waals surface area contributed by atoms with Crippen LogP contribution in [0.1, 0.15) is 21.5 Å². The van der Waals surface area contributed by atoms with Gasteiger partial charge in [-0.1, -0.05) is 35.3 Å². The molecule has 0 saturated carbocycles. The first-order chi connectivity index (χ1) is 9.49. The van der Waals surface area contributed by atoms with Gasteiger partial charge in [-0.3, -0.25) is 4.79 Å². The second kappa shape index (κ2) is 6.16. The summed E-state index contributed by atoms with van der Waals surface area (Å²) < 4.78 is 0. The molecule has 0 aliphatic carbocycles. The summed E-state index contributed by atoms with van der Waals surface area (Å²) in [7, 11) is 0. The average molecular weight is 309 g/mol. The molecule has 5 heteroatoms. The molecule has 0 unspecified atom stereocenters. The minimum atomic E-state index is -0.425. The second-order valence-electron chi connectivity index (χ2n) is 4.46. The number of amides is 1. The van der Waals surface area contributed by atoms with E-state index in [0.29, 0.717) is 22.2 Å². The maximum atomic E-state index is 11.1. The zero-order valence-corrected chi connectivity index (χ0v) is 12.4. The quantitative estimate of drug-likeness (QED) is 0.896.